The number of aliphatic imine (C=N–C) groups is 1. The molecule has 0 saturated carbocycles. The molecule has 0 aliphatic heterocycles. The Morgan fingerprint density at radius 3 is 2.42 bits per heavy atom. The lowest BCUT2D eigenvalue weighted by molar-refractivity contribution is 0.0964. The van der Waals surface area contributed by atoms with Crippen molar-refractivity contribution < 1.29 is 4.79 Å². The Morgan fingerprint density at radius 2 is 1.77 bits per heavy atom. The summed E-state index contributed by atoms with van der Waals surface area (Å²) in [6, 6.07) is 7.44. The van der Waals surface area contributed by atoms with E-state index >= 15 is 0 Å². The molecule has 0 radical (unpaired) electrons. The highest BCUT2D eigenvalue weighted by molar-refractivity contribution is 6.12. The van der Waals surface area contributed by atoms with Gasteiger partial charge in [0.2, 0.25) is 0 Å². The second-order valence-corrected chi connectivity index (χ2v) is 6.36. The lowest BCUT2D eigenvalue weighted by Crippen LogP contribution is -2.19. The molecule has 4 nitrogen and oxygen atoms in total. The average Bonchev–Trinajstić information content (AvgIpc) is 2.67. The zero-order valence-electron chi connectivity index (χ0n) is 16.2. The summed E-state index contributed by atoms with van der Waals surface area (Å²) < 4.78 is 0. The Balaban J connectivity index is 2.44. The molecule has 1 amide bonds. The topological polar surface area (TPSA) is 53.5 Å². The van der Waals surface area contributed by atoms with Crippen molar-refractivity contribution in [2.24, 2.45) is 4.99 Å². The van der Waals surface area contributed by atoms with Crippen LogP contribution in [0.4, 0.5) is 5.69 Å². The van der Waals surface area contributed by atoms with Gasteiger partial charge in [-0.05, 0) is 56.5 Å². The van der Waals surface area contributed by atoms with E-state index in [4.69, 9.17) is 4.99 Å². The first-order valence-corrected chi connectivity index (χ1v) is 8.87. The van der Waals surface area contributed by atoms with Crippen LogP contribution in [-0.2, 0) is 0 Å². The SMILES string of the molecule is CC/C(C)=C1\C=CC=CC1=NC(Nc1ccccc1C(=O)NC)=C(C)C. The normalized spacial score (nSPS) is 16.4. The van der Waals surface area contributed by atoms with Crippen LogP contribution >= 0.6 is 0 Å². The zero-order chi connectivity index (χ0) is 19.1. The van der Waals surface area contributed by atoms with E-state index in [1.807, 2.05) is 50.3 Å². The smallest absolute Gasteiger partial charge is 0.253 e. The fraction of sp³-hybridized carbons (Fsp3) is 0.273. The maximum absolute atomic E-state index is 12.1. The Kier molecular flexibility index (Phi) is 6.73. The quantitative estimate of drug-likeness (QED) is 0.786. The predicted octanol–water partition coefficient (Wildman–Crippen LogP) is 5.00. The van der Waals surface area contributed by atoms with E-state index in [0.29, 0.717) is 5.56 Å². The fourth-order valence-corrected chi connectivity index (χ4v) is 2.56. The van der Waals surface area contributed by atoms with Crippen molar-refractivity contribution in [3.05, 3.63) is 76.7 Å². The van der Waals surface area contributed by atoms with Crippen LogP contribution in [0.1, 0.15) is 44.5 Å². The number of carbonyl (C=O) groups is 1. The average molecular weight is 349 g/mol. The maximum Gasteiger partial charge on any atom is 0.253 e. The van der Waals surface area contributed by atoms with Crippen LogP contribution in [0, 0.1) is 0 Å². The molecule has 0 aromatic heterocycles. The van der Waals surface area contributed by atoms with Crippen LogP contribution in [0.3, 0.4) is 0 Å². The van der Waals surface area contributed by atoms with Crippen molar-refractivity contribution in [1.29, 1.82) is 0 Å². The molecule has 2 N–H and O–H groups in total. The maximum atomic E-state index is 12.1. The van der Waals surface area contributed by atoms with Crippen LogP contribution in [0.2, 0.25) is 0 Å². The monoisotopic (exact) mass is 349 g/mol. The minimum Gasteiger partial charge on any atom is -0.355 e. The number of nitrogens with zero attached hydrogens (tertiary/aromatic N) is 1. The van der Waals surface area contributed by atoms with Gasteiger partial charge in [-0.25, -0.2) is 4.99 Å². The van der Waals surface area contributed by atoms with Crippen LogP contribution in [0.25, 0.3) is 0 Å². The molecule has 0 bridgehead atoms. The van der Waals surface area contributed by atoms with E-state index < -0.39 is 0 Å². The molecule has 0 fully saturated rings. The molecule has 0 heterocycles. The van der Waals surface area contributed by atoms with Crippen LogP contribution in [0.15, 0.2) is 76.1 Å². The molecular weight excluding hydrogens is 322 g/mol. The van der Waals surface area contributed by atoms with E-state index in [9.17, 15) is 4.79 Å². The summed E-state index contributed by atoms with van der Waals surface area (Å²) in [5.74, 6) is 0.620. The van der Waals surface area contributed by atoms with Gasteiger partial charge in [0.15, 0.2) is 0 Å². The molecule has 2 rings (SSSR count). The van der Waals surface area contributed by atoms with Gasteiger partial charge in [0.25, 0.3) is 5.91 Å². The summed E-state index contributed by atoms with van der Waals surface area (Å²) >= 11 is 0. The number of carbonyl (C=O) groups excluding carboxylic acids is 1. The summed E-state index contributed by atoms with van der Waals surface area (Å²) in [7, 11) is 1.63. The second-order valence-electron chi connectivity index (χ2n) is 6.36. The van der Waals surface area contributed by atoms with Crippen LogP contribution in [0.5, 0.6) is 0 Å². The minimum atomic E-state index is -0.128. The molecule has 0 atom stereocenters. The molecule has 1 aliphatic carbocycles. The van der Waals surface area contributed by atoms with Crippen molar-refractivity contribution in [2.45, 2.75) is 34.1 Å². The summed E-state index contributed by atoms with van der Waals surface area (Å²) in [4.78, 5) is 17.0. The molecule has 0 spiro atoms. The minimum absolute atomic E-state index is 0.128. The number of nitrogens with one attached hydrogen (secondary N) is 2. The van der Waals surface area contributed by atoms with E-state index in [-0.39, 0.29) is 5.91 Å². The highest BCUT2D eigenvalue weighted by atomic mass is 16.1. The number of amides is 1. The Labute approximate surface area is 156 Å². The number of para-hydroxylation sites is 1. The Bertz CT molecular complexity index is 835. The molecule has 136 valence electrons. The highest BCUT2D eigenvalue weighted by Crippen LogP contribution is 2.22. The summed E-state index contributed by atoms with van der Waals surface area (Å²) in [6.45, 7) is 8.29. The molecule has 1 aromatic carbocycles. The molecule has 1 aliphatic rings. The van der Waals surface area contributed by atoms with E-state index in [0.717, 1.165) is 34.8 Å². The lowest BCUT2D eigenvalue weighted by Gasteiger charge is -2.16. The first-order chi connectivity index (χ1) is 12.5. The largest absolute Gasteiger partial charge is 0.355 e. The fourth-order valence-electron chi connectivity index (χ4n) is 2.56. The summed E-state index contributed by atoms with van der Waals surface area (Å²) in [5.41, 5.74) is 5.74. The van der Waals surface area contributed by atoms with Gasteiger partial charge in [0.05, 0.1) is 17.0 Å². The second kappa shape index (κ2) is 8.99. The van der Waals surface area contributed by atoms with Crippen molar-refractivity contribution in [3.63, 3.8) is 0 Å². The van der Waals surface area contributed by atoms with Gasteiger partial charge in [-0.1, -0.05) is 42.9 Å². The first kappa shape index (κ1) is 19.4. The number of benzene rings is 1. The number of rotatable bonds is 5. The molecular formula is C22H27N3O. The predicted molar refractivity (Wildman–Crippen MR) is 111 cm³/mol. The molecule has 26 heavy (non-hydrogen) atoms. The standard InChI is InChI=1S/C22H27N3O/c1-6-16(4)17-11-7-9-13-19(17)24-21(15(2)3)25-20-14-10-8-12-18(20)22(26)23-5/h7-14,25H,6H2,1-5H3,(H,23,26)/b17-16+,24-19?. The highest BCUT2D eigenvalue weighted by Gasteiger charge is 2.13. The van der Waals surface area contributed by atoms with Crippen molar-refractivity contribution in [1.82, 2.24) is 5.32 Å². The van der Waals surface area contributed by atoms with Crippen LogP contribution < -0.4 is 10.6 Å². The van der Waals surface area contributed by atoms with E-state index in [1.54, 1.807) is 13.1 Å². The number of hydrogen-bond acceptors (Lipinski definition) is 3. The number of allylic oxidation sites excluding steroid dienone is 7. The third kappa shape index (κ3) is 4.60. The Hall–Kier alpha value is -2.88. The molecule has 0 unspecified atom stereocenters. The van der Waals surface area contributed by atoms with Gasteiger partial charge in [-0.15, -0.1) is 0 Å². The van der Waals surface area contributed by atoms with Crippen molar-refractivity contribution >= 4 is 17.3 Å². The summed E-state index contributed by atoms with van der Waals surface area (Å²) in [5, 5.41) is 6.01. The van der Waals surface area contributed by atoms with Gasteiger partial charge in [-0.2, -0.15) is 0 Å². The lowest BCUT2D eigenvalue weighted by atomic mass is 9.98. The van der Waals surface area contributed by atoms with Gasteiger partial charge in [0.1, 0.15) is 5.82 Å². The Morgan fingerprint density at radius 1 is 1.08 bits per heavy atom. The molecule has 4 heteroatoms. The molecule has 0 saturated heterocycles. The number of anilines is 1. The van der Waals surface area contributed by atoms with Crippen molar-refractivity contribution in [3.8, 4) is 0 Å². The van der Waals surface area contributed by atoms with Gasteiger partial charge >= 0.3 is 0 Å². The number of hydrogen-bond donors (Lipinski definition) is 2. The zero-order valence-corrected chi connectivity index (χ0v) is 16.2. The van der Waals surface area contributed by atoms with Crippen molar-refractivity contribution in [2.75, 3.05) is 12.4 Å². The van der Waals surface area contributed by atoms with Crippen LogP contribution in [-0.4, -0.2) is 18.7 Å². The van der Waals surface area contributed by atoms with E-state index in [1.165, 1.54) is 5.57 Å². The van der Waals surface area contributed by atoms with Gasteiger partial charge < -0.3 is 10.6 Å². The summed E-state index contributed by atoms with van der Waals surface area (Å²) in [6.07, 6.45) is 9.11. The first-order valence-electron chi connectivity index (χ1n) is 8.87. The van der Waals surface area contributed by atoms with E-state index in [2.05, 4.69) is 30.6 Å². The van der Waals surface area contributed by atoms with Gasteiger partial charge in [-0.3, -0.25) is 4.79 Å². The third-order valence-corrected chi connectivity index (χ3v) is 4.25. The molecule has 1 aromatic rings. The van der Waals surface area contributed by atoms with Gasteiger partial charge in [0, 0.05) is 7.05 Å². The third-order valence-electron chi connectivity index (χ3n) is 4.25.